The molecule has 0 atom stereocenters. The van der Waals surface area contributed by atoms with Crippen molar-refractivity contribution in [1.29, 1.82) is 0 Å². The number of imidazole rings is 2. The zero-order valence-corrected chi connectivity index (χ0v) is 43.1. The fourth-order valence-corrected chi connectivity index (χ4v) is 18.3. The molecule has 0 spiro atoms. The van der Waals surface area contributed by atoms with Gasteiger partial charge in [-0.2, -0.15) is 0 Å². The largest absolute Gasteiger partial charge is 0.423 e. The monoisotopic (exact) mass is 997 g/mol. The Balaban J connectivity index is 0.913. The molecule has 0 bridgehead atoms. The number of allylic oxidation sites excluding steroid dienone is 8. The number of fused-ring (bicyclic) bond motifs is 21. The van der Waals surface area contributed by atoms with E-state index in [1.165, 1.54) is 65.3 Å². The van der Waals surface area contributed by atoms with Crippen LogP contribution in [0.5, 0.6) is 0 Å². The quantitative estimate of drug-likeness (QED) is 0.127. The highest BCUT2D eigenvalue weighted by Gasteiger charge is 2.52. The molecule has 6 aliphatic rings. The summed E-state index contributed by atoms with van der Waals surface area (Å²) >= 11 is 0. The van der Waals surface area contributed by atoms with Crippen LogP contribution in [0.25, 0.3) is 78.0 Å². The molecular weight excluding hydrogens is 950 g/mol. The summed E-state index contributed by atoms with van der Waals surface area (Å²) in [6.45, 7) is -0.0973. The molecule has 0 amide bonds. The molecule has 358 valence electrons. The van der Waals surface area contributed by atoms with Gasteiger partial charge in [0, 0.05) is 5.69 Å². The van der Waals surface area contributed by atoms with Crippen LogP contribution in [0.4, 0.5) is 0 Å². The summed E-state index contributed by atoms with van der Waals surface area (Å²) in [6, 6.07) is 72.5. The molecular formula is C65H47B4N7Si. The van der Waals surface area contributed by atoms with Gasteiger partial charge in [0.2, 0.25) is 5.78 Å². The van der Waals surface area contributed by atoms with Gasteiger partial charge in [-0.25, -0.2) is 4.98 Å². The van der Waals surface area contributed by atoms with Crippen molar-refractivity contribution in [3.8, 4) is 50.2 Å². The van der Waals surface area contributed by atoms with Crippen LogP contribution in [0.15, 0.2) is 291 Å². The first-order valence-electron chi connectivity index (χ1n) is 26.7. The van der Waals surface area contributed by atoms with Gasteiger partial charge in [-0.1, -0.05) is 206 Å². The van der Waals surface area contributed by atoms with Crippen LogP contribution in [0, 0.1) is 0 Å². The molecule has 77 heavy (non-hydrogen) atoms. The van der Waals surface area contributed by atoms with Gasteiger partial charge in [-0.15, -0.1) is 0 Å². The second kappa shape index (κ2) is 17.3. The summed E-state index contributed by atoms with van der Waals surface area (Å²) in [6.07, 6.45) is 24.9. The minimum atomic E-state index is -3.16. The minimum Gasteiger partial charge on any atom is -0.423 e. The lowest BCUT2D eigenvalue weighted by atomic mass is 9.42. The number of benzene rings is 8. The number of para-hydroxylation sites is 4. The summed E-state index contributed by atoms with van der Waals surface area (Å²) in [5.74, 6) is 10.4. The lowest BCUT2D eigenvalue weighted by molar-refractivity contribution is 0.621. The Morgan fingerprint density at radius 1 is 0.351 bits per heavy atom. The van der Waals surface area contributed by atoms with Gasteiger partial charge < -0.3 is 18.9 Å². The summed E-state index contributed by atoms with van der Waals surface area (Å²) in [5, 5.41) is 5.33. The fourth-order valence-electron chi connectivity index (χ4n) is 13.5. The SMILES string of the molecule is C1=CB2N(C=C1)B1C=CC=CN1B1C=CC([Si](c3ccccc3)(c3ccccc3)c3ccc4c(c3)-c3ccccc3-c3ccc(-n5c6ccccc6n6c7ccccc7nc56)cc3-c3ccccc3-4)=CN1B1C=CC=CN21. The van der Waals surface area contributed by atoms with E-state index in [-0.39, 0.29) is 27.9 Å². The maximum atomic E-state index is 5.26. The Labute approximate surface area is 450 Å². The number of nitrogens with zero attached hydrogens (tertiary/aromatic N) is 7. The van der Waals surface area contributed by atoms with Crippen molar-refractivity contribution in [2.24, 2.45) is 0 Å². The highest BCUT2D eigenvalue weighted by Crippen LogP contribution is 2.49. The van der Waals surface area contributed by atoms with E-state index >= 15 is 0 Å². The third kappa shape index (κ3) is 6.52. The summed E-state index contributed by atoms with van der Waals surface area (Å²) in [7, 11) is -3.16. The number of hydrogen-bond donors (Lipinski definition) is 0. The molecule has 1 saturated heterocycles. The number of hydrogen-bond acceptors (Lipinski definition) is 5. The molecule has 7 nitrogen and oxygen atoms in total. The molecule has 0 saturated carbocycles. The molecule has 12 heteroatoms. The Morgan fingerprint density at radius 2 is 0.818 bits per heavy atom. The van der Waals surface area contributed by atoms with Crippen LogP contribution in [0.1, 0.15) is 0 Å². The van der Waals surface area contributed by atoms with Crippen molar-refractivity contribution in [2.75, 3.05) is 0 Å². The van der Waals surface area contributed by atoms with Gasteiger partial charge >= 0.3 is 27.9 Å². The molecule has 7 heterocycles. The molecule has 1 fully saturated rings. The molecule has 2 aromatic heterocycles. The topological polar surface area (TPSA) is 35.2 Å². The average molecular weight is 997 g/mol. The zero-order valence-electron chi connectivity index (χ0n) is 42.1. The van der Waals surface area contributed by atoms with Crippen LogP contribution in [-0.2, 0) is 0 Å². The fraction of sp³-hybridized carbons (Fsp3) is 0. The molecule has 16 rings (SSSR count). The van der Waals surface area contributed by atoms with Gasteiger partial charge in [0.15, 0.2) is 8.07 Å². The van der Waals surface area contributed by atoms with Crippen LogP contribution >= 0.6 is 0 Å². The Hall–Kier alpha value is -9.37. The Kier molecular flexibility index (Phi) is 9.90. The zero-order chi connectivity index (χ0) is 50.6. The van der Waals surface area contributed by atoms with Gasteiger partial charge in [-0.05, 0) is 145 Å². The van der Waals surface area contributed by atoms with Crippen molar-refractivity contribution >= 4 is 79.4 Å². The van der Waals surface area contributed by atoms with E-state index < -0.39 is 8.07 Å². The van der Waals surface area contributed by atoms with E-state index in [0.717, 1.165) is 33.5 Å². The normalized spacial score (nSPS) is 15.8. The Bertz CT molecular complexity index is 4250. The second-order valence-electron chi connectivity index (χ2n) is 20.7. The molecule has 5 aliphatic heterocycles. The molecule has 0 N–H and O–H groups in total. The van der Waals surface area contributed by atoms with Crippen LogP contribution in [0.2, 0.25) is 0 Å². The summed E-state index contributed by atoms with van der Waals surface area (Å²) in [5.41, 5.74) is 15.1. The highest BCUT2D eigenvalue weighted by molar-refractivity contribution is 7.16. The third-order valence-electron chi connectivity index (χ3n) is 16.8. The molecule has 8 aromatic carbocycles. The van der Waals surface area contributed by atoms with Gasteiger partial charge in [0.25, 0.3) is 0 Å². The van der Waals surface area contributed by atoms with Crippen molar-refractivity contribution in [3.05, 3.63) is 291 Å². The van der Waals surface area contributed by atoms with Crippen molar-refractivity contribution in [1.82, 2.24) is 32.8 Å². The van der Waals surface area contributed by atoms with Crippen molar-refractivity contribution in [2.45, 2.75) is 0 Å². The average Bonchev–Trinajstić information content (AvgIpc) is 4.12. The first-order chi connectivity index (χ1) is 38.2. The Morgan fingerprint density at radius 3 is 1.43 bits per heavy atom. The minimum absolute atomic E-state index is 0.0130. The third-order valence-corrected chi connectivity index (χ3v) is 21.6. The second-order valence-corrected chi connectivity index (χ2v) is 24.5. The predicted molar refractivity (Wildman–Crippen MR) is 325 cm³/mol. The van der Waals surface area contributed by atoms with Crippen LogP contribution in [0.3, 0.4) is 0 Å². The van der Waals surface area contributed by atoms with Crippen LogP contribution in [-0.4, -0.2) is 68.8 Å². The van der Waals surface area contributed by atoms with E-state index in [9.17, 15) is 0 Å². The van der Waals surface area contributed by atoms with Gasteiger partial charge in [-0.3, -0.25) is 8.97 Å². The van der Waals surface area contributed by atoms with E-state index in [2.05, 4.69) is 313 Å². The summed E-state index contributed by atoms with van der Waals surface area (Å²) in [4.78, 5) is 5.26. The number of rotatable bonds is 5. The van der Waals surface area contributed by atoms with Gasteiger partial charge in [0.05, 0.1) is 22.1 Å². The smallest absolute Gasteiger partial charge is 0.380 e. The summed E-state index contributed by atoms with van der Waals surface area (Å²) < 4.78 is 14.8. The van der Waals surface area contributed by atoms with E-state index in [1.54, 1.807) is 0 Å². The van der Waals surface area contributed by atoms with Crippen molar-refractivity contribution < 1.29 is 0 Å². The van der Waals surface area contributed by atoms with Gasteiger partial charge in [0.1, 0.15) is 0 Å². The lowest BCUT2D eigenvalue weighted by Crippen LogP contribution is -2.74. The van der Waals surface area contributed by atoms with E-state index in [0.29, 0.717) is 0 Å². The highest BCUT2D eigenvalue weighted by atomic mass is 28.3. The van der Waals surface area contributed by atoms with E-state index in [1.807, 2.05) is 0 Å². The van der Waals surface area contributed by atoms with Crippen molar-refractivity contribution in [3.63, 3.8) is 0 Å². The standard InChI is InChI=1S/C65H47B4N7Si/c1-3-21-49(22-4-1)77(50-23-5-2-6-24-50,52-37-41-69-73-44-19-16-39-67(73)71-42-18-15-38-66(71)72-43-20-17-40-68(72)74(69)47-52)51-34-36-58-53-25-7-9-27-55(53)59-45-48(33-35-57(59)54-26-8-10-28-56(54)60(58)46-51)75-63-31-13-14-32-64(63)76-62-30-12-11-29-61(62)70-65(75)76/h1-47H. The van der Waals surface area contributed by atoms with E-state index in [4.69, 9.17) is 4.98 Å². The number of aromatic nitrogens is 3. The van der Waals surface area contributed by atoms with Crippen LogP contribution < -0.4 is 15.6 Å². The molecule has 1 aliphatic carbocycles. The molecule has 10 aromatic rings. The lowest BCUT2D eigenvalue weighted by Gasteiger charge is -2.54. The first-order valence-corrected chi connectivity index (χ1v) is 28.7. The first kappa shape index (κ1) is 44.0. The maximum Gasteiger partial charge on any atom is 0.380 e. The maximum absolute atomic E-state index is 5.26. The predicted octanol–water partition coefficient (Wildman–Crippen LogP) is 11.5. The molecule has 0 radical (unpaired) electrons. The molecule has 0 unspecified atom stereocenters.